The summed E-state index contributed by atoms with van der Waals surface area (Å²) in [5.74, 6) is 0.474. The molecule has 0 radical (unpaired) electrons. The first-order chi connectivity index (χ1) is 14.3. The third-order valence-corrected chi connectivity index (χ3v) is 5.20. The molecule has 3 rings (SSSR count). The molecule has 1 aromatic carbocycles. The van der Waals surface area contributed by atoms with Gasteiger partial charge in [0, 0.05) is 10.8 Å². The third-order valence-electron chi connectivity index (χ3n) is 3.55. The zero-order valence-corrected chi connectivity index (χ0v) is 17.8. The van der Waals surface area contributed by atoms with Crippen LogP contribution in [0.4, 0.5) is 13.2 Å². The number of aromatic nitrogens is 3. The average Bonchev–Trinajstić information content (AvgIpc) is 3.30. The number of alkyl halides is 3. The van der Waals surface area contributed by atoms with Gasteiger partial charge in [-0.15, -0.1) is 10.2 Å². The number of thioether (sulfide) groups is 1. The van der Waals surface area contributed by atoms with Gasteiger partial charge in [-0.2, -0.15) is 22.9 Å². The second-order valence-electron chi connectivity index (χ2n) is 5.88. The Morgan fingerprint density at radius 2 is 2.03 bits per heavy atom. The van der Waals surface area contributed by atoms with Crippen LogP contribution >= 0.6 is 35.0 Å². The molecule has 0 N–H and O–H groups in total. The zero-order valence-electron chi connectivity index (χ0n) is 15.5. The van der Waals surface area contributed by atoms with Crippen molar-refractivity contribution in [3.63, 3.8) is 0 Å². The van der Waals surface area contributed by atoms with Crippen molar-refractivity contribution in [1.29, 1.82) is 0 Å². The molecule has 2 aromatic heterocycles. The minimum absolute atomic E-state index is 0.0490. The van der Waals surface area contributed by atoms with Crippen LogP contribution < -0.4 is 4.74 Å². The van der Waals surface area contributed by atoms with Gasteiger partial charge in [-0.1, -0.05) is 41.9 Å². The van der Waals surface area contributed by atoms with Crippen LogP contribution in [0.25, 0.3) is 0 Å². The van der Waals surface area contributed by atoms with Crippen molar-refractivity contribution in [3.05, 3.63) is 57.7 Å². The van der Waals surface area contributed by atoms with Gasteiger partial charge >= 0.3 is 6.18 Å². The molecule has 160 valence electrons. The van der Waals surface area contributed by atoms with Crippen molar-refractivity contribution in [2.24, 2.45) is 5.10 Å². The molecule has 0 saturated heterocycles. The van der Waals surface area contributed by atoms with Crippen molar-refractivity contribution < 1.29 is 22.3 Å². The summed E-state index contributed by atoms with van der Waals surface area (Å²) in [7, 11) is 0. The van der Waals surface area contributed by atoms with Gasteiger partial charge in [-0.25, -0.2) is 0 Å². The van der Waals surface area contributed by atoms with Gasteiger partial charge in [0.15, 0.2) is 0 Å². The fourth-order valence-corrected chi connectivity index (χ4v) is 3.43. The van der Waals surface area contributed by atoms with Gasteiger partial charge < -0.3 is 9.15 Å². The second kappa shape index (κ2) is 9.76. The second-order valence-corrected chi connectivity index (χ2v) is 7.78. The lowest BCUT2D eigenvalue weighted by molar-refractivity contribution is -0.147. The zero-order chi connectivity index (χ0) is 21.7. The molecule has 0 bridgehead atoms. The van der Waals surface area contributed by atoms with Crippen molar-refractivity contribution in [2.75, 3.05) is 5.75 Å². The number of nitrogens with zero attached hydrogens (tertiary/aromatic N) is 4. The first kappa shape index (κ1) is 22.5. The summed E-state index contributed by atoms with van der Waals surface area (Å²) in [4.78, 5) is 0. The molecule has 0 amide bonds. The SMILES string of the molecule is CCCSc1nnc(C(F)(F)F)n1/N=C/c1ccc(COc2ccc(Cl)cc2Cl)o1. The van der Waals surface area contributed by atoms with E-state index in [-0.39, 0.29) is 17.5 Å². The Balaban J connectivity index is 1.73. The molecule has 12 heteroatoms. The number of halogens is 5. The van der Waals surface area contributed by atoms with E-state index in [9.17, 15) is 13.2 Å². The molecule has 2 heterocycles. The summed E-state index contributed by atoms with van der Waals surface area (Å²) in [6.07, 6.45) is -2.76. The predicted octanol–water partition coefficient (Wildman–Crippen LogP) is 6.16. The maximum atomic E-state index is 13.2. The maximum absolute atomic E-state index is 13.2. The smallest absolute Gasteiger partial charge is 0.453 e. The molecule has 0 aliphatic heterocycles. The number of hydrogen-bond acceptors (Lipinski definition) is 6. The maximum Gasteiger partial charge on any atom is 0.453 e. The number of furan rings is 1. The van der Waals surface area contributed by atoms with Crippen LogP contribution in [0.15, 0.2) is 45.0 Å². The van der Waals surface area contributed by atoms with Gasteiger partial charge in [0.25, 0.3) is 5.82 Å². The van der Waals surface area contributed by atoms with Crippen LogP contribution in [0, 0.1) is 0 Å². The topological polar surface area (TPSA) is 65.4 Å². The van der Waals surface area contributed by atoms with Gasteiger partial charge in [0.2, 0.25) is 5.16 Å². The van der Waals surface area contributed by atoms with Crippen molar-refractivity contribution in [3.8, 4) is 5.75 Å². The quantitative estimate of drug-likeness (QED) is 0.286. The van der Waals surface area contributed by atoms with Crippen molar-refractivity contribution >= 4 is 41.2 Å². The highest BCUT2D eigenvalue weighted by Crippen LogP contribution is 2.31. The van der Waals surface area contributed by atoms with E-state index in [0.717, 1.165) is 24.4 Å². The van der Waals surface area contributed by atoms with Crippen LogP contribution in [0.1, 0.15) is 30.7 Å². The summed E-state index contributed by atoms with van der Waals surface area (Å²) in [5, 5.41) is 11.5. The highest BCUT2D eigenvalue weighted by atomic mass is 35.5. The highest BCUT2D eigenvalue weighted by Gasteiger charge is 2.39. The summed E-state index contributed by atoms with van der Waals surface area (Å²) in [6.45, 7) is 1.97. The van der Waals surface area contributed by atoms with Gasteiger partial charge in [-0.05, 0) is 36.8 Å². The Labute approximate surface area is 184 Å². The summed E-state index contributed by atoms with van der Waals surface area (Å²) < 4.78 is 51.3. The van der Waals surface area contributed by atoms with Crippen LogP contribution in [0.5, 0.6) is 5.75 Å². The van der Waals surface area contributed by atoms with Gasteiger partial charge in [0.1, 0.15) is 23.9 Å². The predicted molar refractivity (Wildman–Crippen MR) is 109 cm³/mol. The summed E-state index contributed by atoms with van der Waals surface area (Å²) >= 11 is 13.0. The van der Waals surface area contributed by atoms with E-state index < -0.39 is 12.0 Å². The fourth-order valence-electron chi connectivity index (χ4n) is 2.23. The molecular formula is C18H15Cl2F3N4O2S. The lowest BCUT2D eigenvalue weighted by Crippen LogP contribution is -2.13. The van der Waals surface area contributed by atoms with E-state index in [0.29, 0.717) is 32.0 Å². The van der Waals surface area contributed by atoms with Crippen LogP contribution in [-0.2, 0) is 12.8 Å². The summed E-state index contributed by atoms with van der Waals surface area (Å²) in [6, 6.07) is 7.98. The molecule has 30 heavy (non-hydrogen) atoms. The lowest BCUT2D eigenvalue weighted by Gasteiger charge is -2.06. The van der Waals surface area contributed by atoms with Crippen molar-refractivity contribution in [2.45, 2.75) is 31.3 Å². The van der Waals surface area contributed by atoms with Crippen LogP contribution in [-0.4, -0.2) is 26.8 Å². The Bertz CT molecular complexity index is 1040. The molecule has 0 saturated carbocycles. The number of ether oxygens (including phenoxy) is 1. The number of rotatable bonds is 8. The minimum atomic E-state index is -4.69. The molecule has 0 aliphatic rings. The molecule has 0 fully saturated rings. The Hall–Kier alpha value is -2.17. The number of benzene rings is 1. The Morgan fingerprint density at radius 1 is 1.23 bits per heavy atom. The molecule has 6 nitrogen and oxygen atoms in total. The van der Waals surface area contributed by atoms with E-state index in [1.807, 2.05) is 6.92 Å². The van der Waals surface area contributed by atoms with E-state index in [1.165, 1.54) is 0 Å². The van der Waals surface area contributed by atoms with E-state index in [2.05, 4.69) is 15.3 Å². The van der Waals surface area contributed by atoms with E-state index in [1.54, 1.807) is 30.3 Å². The van der Waals surface area contributed by atoms with Gasteiger partial charge in [-0.3, -0.25) is 0 Å². The Morgan fingerprint density at radius 3 is 2.73 bits per heavy atom. The summed E-state index contributed by atoms with van der Waals surface area (Å²) in [5.41, 5.74) is 0. The highest BCUT2D eigenvalue weighted by molar-refractivity contribution is 7.99. The fraction of sp³-hybridized carbons (Fsp3) is 0.278. The van der Waals surface area contributed by atoms with Gasteiger partial charge in [0.05, 0.1) is 11.2 Å². The Kier molecular flexibility index (Phi) is 7.32. The van der Waals surface area contributed by atoms with E-state index >= 15 is 0 Å². The lowest BCUT2D eigenvalue weighted by atomic mass is 10.3. The largest absolute Gasteiger partial charge is 0.484 e. The normalized spacial score (nSPS) is 12.1. The first-order valence-electron chi connectivity index (χ1n) is 8.64. The monoisotopic (exact) mass is 478 g/mol. The average molecular weight is 479 g/mol. The van der Waals surface area contributed by atoms with Crippen molar-refractivity contribution in [1.82, 2.24) is 14.9 Å². The molecule has 0 spiro atoms. The molecular weight excluding hydrogens is 464 g/mol. The molecule has 0 atom stereocenters. The molecule has 0 unspecified atom stereocenters. The minimum Gasteiger partial charge on any atom is -0.484 e. The standard InChI is InChI=1S/C18H15Cl2F3N4O2S/c1-2-7-30-17-26-25-16(18(21,22)23)27(17)24-9-12-4-5-13(29-12)10-28-15-6-3-11(19)8-14(15)20/h3-6,8-9H,2,7,10H2,1H3/b24-9+. The van der Waals surface area contributed by atoms with Crippen LogP contribution in [0.3, 0.4) is 0 Å². The number of hydrogen-bond donors (Lipinski definition) is 0. The molecule has 3 aromatic rings. The third kappa shape index (κ3) is 5.71. The molecule has 0 aliphatic carbocycles. The van der Waals surface area contributed by atoms with Crippen LogP contribution in [0.2, 0.25) is 10.0 Å². The van der Waals surface area contributed by atoms with E-state index in [4.69, 9.17) is 32.4 Å². The first-order valence-corrected chi connectivity index (χ1v) is 10.4.